The van der Waals surface area contributed by atoms with Crippen molar-refractivity contribution in [3.8, 4) is 17.6 Å². The number of benzene rings is 1. The Bertz CT molecular complexity index is 1010. The van der Waals surface area contributed by atoms with Gasteiger partial charge in [0, 0.05) is 12.1 Å². The number of alkyl halides is 9. The van der Waals surface area contributed by atoms with E-state index in [1.807, 2.05) is 0 Å². The van der Waals surface area contributed by atoms with E-state index in [0.29, 0.717) is 0 Å². The maximum Gasteiger partial charge on any atom is 0.460 e. The summed E-state index contributed by atoms with van der Waals surface area (Å²) in [5.74, 6) is -18.5. The summed E-state index contributed by atoms with van der Waals surface area (Å²) in [6.07, 6.45) is -7.26. The molecule has 7 nitrogen and oxygen atoms in total. The Morgan fingerprint density at radius 1 is 0.968 bits per heavy atom. The molecule has 1 aromatic carbocycles. The predicted octanol–water partition coefficient (Wildman–Crippen LogP) is 3.49. The number of nitriles is 1. The summed E-state index contributed by atoms with van der Waals surface area (Å²) in [6, 6.07) is 1.75. The van der Waals surface area contributed by atoms with Gasteiger partial charge in [-0.25, -0.2) is 4.79 Å². The Morgan fingerprint density at radius 2 is 1.48 bits per heavy atom. The number of halogens is 9. The number of hydrogen-bond acceptors (Lipinski definition) is 7. The van der Waals surface area contributed by atoms with E-state index in [1.54, 1.807) is 0 Å². The second-order valence-corrected chi connectivity index (χ2v) is 6.94. The van der Waals surface area contributed by atoms with Crippen LogP contribution in [0.5, 0.6) is 11.5 Å². The molecule has 1 rings (SSSR count). The Morgan fingerprint density at radius 3 is 1.87 bits per heavy atom. The van der Waals surface area contributed by atoms with E-state index in [2.05, 4.69) is 13.7 Å². The van der Waals surface area contributed by atoms with Crippen molar-refractivity contribution in [1.29, 1.82) is 5.26 Å². The van der Waals surface area contributed by atoms with Crippen LogP contribution in [0.4, 0.5) is 39.5 Å². The van der Waals surface area contributed by atoms with Crippen LogP contribution in [0.1, 0.15) is 15.9 Å². The summed E-state index contributed by atoms with van der Waals surface area (Å²) in [7, 11) is -5.60. The maximum atomic E-state index is 13.7. The normalized spacial score (nSPS) is 13.4. The molecule has 0 aromatic heterocycles. The first-order valence-corrected chi connectivity index (χ1v) is 8.57. The lowest BCUT2D eigenvalue weighted by molar-refractivity contribution is -0.382. The molecule has 0 unspecified atom stereocenters. The van der Waals surface area contributed by atoms with Gasteiger partial charge in [0.2, 0.25) is 0 Å². The van der Waals surface area contributed by atoms with E-state index in [1.165, 1.54) is 6.07 Å². The van der Waals surface area contributed by atoms with Crippen molar-refractivity contribution in [3.05, 3.63) is 23.3 Å². The van der Waals surface area contributed by atoms with Crippen molar-refractivity contribution in [2.24, 2.45) is 0 Å². The summed E-state index contributed by atoms with van der Waals surface area (Å²) >= 11 is 0. The third-order valence-corrected chi connectivity index (χ3v) is 4.74. The molecule has 0 aliphatic rings. The van der Waals surface area contributed by atoms with E-state index in [0.717, 1.165) is 14.2 Å². The monoisotopic (exact) mass is 489 g/mol. The lowest BCUT2D eigenvalue weighted by Crippen LogP contribution is -2.63. The zero-order chi connectivity index (χ0) is 24.6. The van der Waals surface area contributed by atoms with Crippen LogP contribution in [0.3, 0.4) is 0 Å². The molecule has 31 heavy (non-hydrogen) atoms. The summed E-state index contributed by atoms with van der Waals surface area (Å²) in [5, 5.41) is 1.87. The molecular formula is C14H8F9NO6S. The van der Waals surface area contributed by atoms with E-state index in [4.69, 9.17) is 5.26 Å². The van der Waals surface area contributed by atoms with Gasteiger partial charge >= 0.3 is 39.4 Å². The molecule has 0 bridgehead atoms. The molecule has 0 radical (unpaired) electrons. The Kier molecular flexibility index (Phi) is 6.73. The number of hydrogen-bond donors (Lipinski definition) is 0. The molecule has 1 aromatic rings. The van der Waals surface area contributed by atoms with Crippen molar-refractivity contribution < 1.29 is 66.4 Å². The number of rotatable bonds is 7. The lowest BCUT2D eigenvalue weighted by atomic mass is 10.1. The molecule has 0 N–H and O–H groups in total. The lowest BCUT2D eigenvalue weighted by Gasteiger charge is -2.32. The first-order valence-electron chi connectivity index (χ1n) is 7.17. The molecule has 0 saturated heterocycles. The minimum absolute atomic E-state index is 0.211. The fraction of sp³-hybridized carbons (Fsp3) is 0.429. The van der Waals surface area contributed by atoms with Crippen LogP contribution in [0.15, 0.2) is 12.1 Å². The molecular weight excluding hydrogens is 481 g/mol. The number of carbonyl (C=O) groups is 1. The number of methoxy groups -OCH3 is 2. The van der Waals surface area contributed by atoms with Crippen molar-refractivity contribution in [2.45, 2.75) is 23.3 Å². The molecule has 0 fully saturated rings. The minimum Gasteiger partial charge on any atom is -0.496 e. The van der Waals surface area contributed by atoms with Gasteiger partial charge in [0.25, 0.3) is 0 Å². The van der Waals surface area contributed by atoms with Crippen molar-refractivity contribution in [1.82, 2.24) is 0 Å². The second kappa shape index (κ2) is 7.98. The third-order valence-electron chi connectivity index (χ3n) is 3.44. The molecule has 0 spiro atoms. The number of ether oxygens (including phenoxy) is 2. The smallest absolute Gasteiger partial charge is 0.460 e. The standard InChI is InChI=1S/C14H8F9NO6S/c1-28-8-4-7(3-6(5-24)9(8)10(25)29-2)30-31(26,27)14(22,23)12(17,18)11(15,16)13(19,20)21/h3-4H,1-2H3. The molecule has 0 aliphatic heterocycles. The number of nitrogens with zero attached hydrogens (tertiary/aromatic N) is 1. The van der Waals surface area contributed by atoms with E-state index < -0.39 is 62.0 Å². The van der Waals surface area contributed by atoms with Gasteiger partial charge in [0.05, 0.1) is 19.8 Å². The van der Waals surface area contributed by atoms with Crippen LogP contribution < -0.4 is 8.92 Å². The highest BCUT2D eigenvalue weighted by atomic mass is 32.2. The first-order chi connectivity index (χ1) is 13.8. The van der Waals surface area contributed by atoms with Gasteiger partial charge in [-0.05, 0) is 0 Å². The van der Waals surface area contributed by atoms with Crippen LogP contribution in [0.2, 0.25) is 0 Å². The van der Waals surface area contributed by atoms with Crippen LogP contribution in [-0.4, -0.2) is 51.9 Å². The molecule has 0 saturated carbocycles. The van der Waals surface area contributed by atoms with Crippen molar-refractivity contribution >= 4 is 16.1 Å². The largest absolute Gasteiger partial charge is 0.496 e. The van der Waals surface area contributed by atoms with Gasteiger partial charge in [-0.3, -0.25) is 0 Å². The van der Waals surface area contributed by atoms with Gasteiger partial charge in [-0.1, -0.05) is 0 Å². The number of esters is 1. The maximum absolute atomic E-state index is 13.7. The topological polar surface area (TPSA) is 103 Å². The highest BCUT2D eigenvalue weighted by Gasteiger charge is 2.86. The highest BCUT2D eigenvalue weighted by Crippen LogP contribution is 2.55. The molecule has 0 heterocycles. The summed E-state index contributed by atoms with van der Waals surface area (Å²) in [4.78, 5) is 11.6. The Labute approximate surface area is 167 Å². The van der Waals surface area contributed by atoms with E-state index in [-0.39, 0.29) is 12.1 Å². The minimum atomic E-state index is -7.51. The number of carbonyl (C=O) groups excluding carboxylic acids is 1. The van der Waals surface area contributed by atoms with E-state index >= 15 is 0 Å². The quantitative estimate of drug-likeness (QED) is 0.328. The zero-order valence-corrected chi connectivity index (χ0v) is 15.7. The fourth-order valence-corrected chi connectivity index (χ4v) is 2.79. The average Bonchev–Trinajstić information content (AvgIpc) is 2.64. The van der Waals surface area contributed by atoms with Crippen molar-refractivity contribution in [2.75, 3.05) is 14.2 Å². The summed E-state index contributed by atoms with van der Waals surface area (Å²) in [5.41, 5.74) is -1.56. The molecule has 0 aliphatic carbocycles. The van der Waals surface area contributed by atoms with Crippen LogP contribution >= 0.6 is 0 Å². The third kappa shape index (κ3) is 4.16. The summed E-state index contributed by atoms with van der Waals surface area (Å²) in [6.45, 7) is 0. The SMILES string of the molecule is COC(=O)c1c(C#N)cc(OS(=O)(=O)C(F)(F)C(F)(F)C(F)(F)C(F)(F)F)cc1OC. The average molecular weight is 489 g/mol. The van der Waals surface area contributed by atoms with Gasteiger partial charge in [0.15, 0.2) is 0 Å². The van der Waals surface area contributed by atoms with Gasteiger partial charge in [-0.2, -0.15) is 53.2 Å². The molecule has 0 amide bonds. The van der Waals surface area contributed by atoms with Crippen molar-refractivity contribution in [3.63, 3.8) is 0 Å². The van der Waals surface area contributed by atoms with Crippen LogP contribution in [-0.2, 0) is 14.9 Å². The Hall–Kier alpha value is -2.90. The highest BCUT2D eigenvalue weighted by molar-refractivity contribution is 7.88. The molecule has 17 heteroatoms. The molecule has 0 atom stereocenters. The fourth-order valence-electron chi connectivity index (χ4n) is 1.90. The second-order valence-electron chi connectivity index (χ2n) is 5.35. The zero-order valence-electron chi connectivity index (χ0n) is 14.9. The van der Waals surface area contributed by atoms with Gasteiger partial charge in [0.1, 0.15) is 23.1 Å². The molecule has 174 valence electrons. The Balaban J connectivity index is 3.59. The van der Waals surface area contributed by atoms with Gasteiger partial charge < -0.3 is 13.7 Å². The van der Waals surface area contributed by atoms with Crippen LogP contribution in [0.25, 0.3) is 0 Å². The summed E-state index contributed by atoms with van der Waals surface area (Å²) < 4.78 is 152. The van der Waals surface area contributed by atoms with Crippen LogP contribution in [0, 0.1) is 11.3 Å². The van der Waals surface area contributed by atoms with Gasteiger partial charge in [-0.15, -0.1) is 0 Å². The first kappa shape index (κ1) is 26.1. The van der Waals surface area contributed by atoms with E-state index in [9.17, 15) is 52.7 Å². The predicted molar refractivity (Wildman–Crippen MR) is 79.5 cm³/mol.